The minimum Gasteiger partial charge on any atom is -0.481 e. The highest BCUT2D eigenvalue weighted by molar-refractivity contribution is 5.88. The maximum absolute atomic E-state index is 13.7. The van der Waals surface area contributed by atoms with Gasteiger partial charge < -0.3 is 15.0 Å². The number of anilines is 3. The maximum atomic E-state index is 13.7. The number of aromatic nitrogens is 3. The summed E-state index contributed by atoms with van der Waals surface area (Å²) in [6, 6.07) is 3.20. The average molecular weight is 349 g/mol. The Hall–Kier alpha value is -2.84. The number of nitrogens with zero attached hydrogens (tertiary/aromatic N) is 4. The first-order valence-corrected chi connectivity index (χ1v) is 7.63. The van der Waals surface area contributed by atoms with Crippen LogP contribution in [0.1, 0.15) is 25.2 Å². The van der Waals surface area contributed by atoms with Crippen LogP contribution in [-0.4, -0.2) is 34.5 Å². The van der Waals surface area contributed by atoms with Crippen LogP contribution < -0.4 is 15.0 Å². The van der Waals surface area contributed by atoms with Crippen molar-refractivity contribution in [2.45, 2.75) is 26.2 Å². The summed E-state index contributed by atoms with van der Waals surface area (Å²) in [5.74, 6) is -3.28. The number of fused-ring (bicyclic) bond motifs is 1. The van der Waals surface area contributed by atoms with E-state index in [2.05, 4.69) is 20.3 Å². The summed E-state index contributed by atoms with van der Waals surface area (Å²) in [6.45, 7) is 2.68. The topological polar surface area (TPSA) is 80.2 Å². The smallest absolute Gasteiger partial charge is 0.304 e. The van der Waals surface area contributed by atoms with E-state index in [4.69, 9.17) is 4.74 Å². The van der Waals surface area contributed by atoms with Gasteiger partial charge in [0.15, 0.2) is 0 Å². The Balaban J connectivity index is 2.03. The van der Waals surface area contributed by atoms with Crippen molar-refractivity contribution in [3.8, 4) is 5.88 Å². The number of methoxy groups -OCH3 is 1. The molecule has 132 valence electrons. The lowest BCUT2D eigenvalue weighted by Gasteiger charge is -2.21. The molecule has 0 saturated heterocycles. The van der Waals surface area contributed by atoms with E-state index in [0.717, 1.165) is 18.2 Å². The Morgan fingerprint density at radius 1 is 1.36 bits per heavy atom. The fourth-order valence-electron chi connectivity index (χ4n) is 2.61. The molecule has 0 radical (unpaired) electrons. The predicted octanol–water partition coefficient (Wildman–Crippen LogP) is 2.64. The molecule has 0 spiro atoms. The van der Waals surface area contributed by atoms with Crippen molar-refractivity contribution in [1.29, 1.82) is 0 Å². The average Bonchev–Trinajstić information content (AvgIpc) is 2.96. The number of ether oxygens (including phenoxy) is 1. The highest BCUT2D eigenvalue weighted by Crippen LogP contribution is 2.37. The number of nitrogens with one attached hydrogen (secondary N) is 1. The minimum absolute atomic E-state index is 0.0612. The molecule has 2 aromatic rings. The summed E-state index contributed by atoms with van der Waals surface area (Å²) in [4.78, 5) is 24.9. The molecule has 1 amide bonds. The second-order valence-corrected chi connectivity index (χ2v) is 5.76. The van der Waals surface area contributed by atoms with Gasteiger partial charge in [0.1, 0.15) is 11.6 Å². The third-order valence-electron chi connectivity index (χ3n) is 3.73. The van der Waals surface area contributed by atoms with Crippen LogP contribution in [0.2, 0.25) is 0 Å². The van der Waals surface area contributed by atoms with E-state index in [1.54, 1.807) is 17.2 Å². The van der Waals surface area contributed by atoms with Gasteiger partial charge in [-0.05, 0) is 12.0 Å². The molecular formula is C16H17F2N5O2. The molecule has 3 heterocycles. The molecule has 0 bridgehead atoms. The van der Waals surface area contributed by atoms with E-state index in [1.807, 2.05) is 0 Å². The molecule has 1 aliphatic heterocycles. The molecule has 0 unspecified atom stereocenters. The number of hydrogen-bond acceptors (Lipinski definition) is 6. The van der Waals surface area contributed by atoms with Crippen LogP contribution in [0.3, 0.4) is 0 Å². The molecule has 1 N–H and O–H groups in total. The van der Waals surface area contributed by atoms with Gasteiger partial charge in [-0.1, -0.05) is 0 Å². The van der Waals surface area contributed by atoms with Crippen molar-refractivity contribution in [2.75, 3.05) is 23.9 Å². The van der Waals surface area contributed by atoms with Gasteiger partial charge in [-0.25, -0.2) is 9.97 Å². The van der Waals surface area contributed by atoms with Gasteiger partial charge >= 0.3 is 5.92 Å². The molecule has 7 nitrogen and oxygen atoms in total. The summed E-state index contributed by atoms with van der Waals surface area (Å²) in [5, 5.41) is 2.61. The molecule has 0 saturated carbocycles. The quantitative estimate of drug-likeness (QED) is 0.914. The van der Waals surface area contributed by atoms with E-state index >= 15 is 0 Å². The highest BCUT2D eigenvalue weighted by atomic mass is 19.3. The third-order valence-corrected chi connectivity index (χ3v) is 3.73. The van der Waals surface area contributed by atoms with E-state index in [0.29, 0.717) is 24.6 Å². The number of rotatable bonds is 4. The summed E-state index contributed by atoms with van der Waals surface area (Å²) >= 11 is 0. The summed E-state index contributed by atoms with van der Waals surface area (Å²) in [6.07, 6.45) is 2.35. The Kier molecular flexibility index (Phi) is 4.23. The Bertz CT molecular complexity index is 823. The minimum atomic E-state index is -3.19. The van der Waals surface area contributed by atoms with Crippen LogP contribution in [0.25, 0.3) is 0 Å². The zero-order chi connectivity index (χ0) is 18.2. The lowest BCUT2D eigenvalue weighted by atomic mass is 10.2. The largest absolute Gasteiger partial charge is 0.481 e. The molecule has 25 heavy (non-hydrogen) atoms. The summed E-state index contributed by atoms with van der Waals surface area (Å²) in [5.41, 5.74) is 1.70. The van der Waals surface area contributed by atoms with E-state index in [1.165, 1.54) is 20.1 Å². The molecule has 1 aliphatic rings. The molecule has 0 aromatic carbocycles. The van der Waals surface area contributed by atoms with Gasteiger partial charge in [0.2, 0.25) is 17.6 Å². The van der Waals surface area contributed by atoms with Crippen LogP contribution in [0, 0.1) is 0 Å². The predicted molar refractivity (Wildman–Crippen MR) is 87.4 cm³/mol. The molecule has 9 heteroatoms. The molecular weight excluding hydrogens is 332 g/mol. The monoisotopic (exact) mass is 349 g/mol. The van der Waals surface area contributed by atoms with Crippen LogP contribution >= 0.6 is 0 Å². The van der Waals surface area contributed by atoms with Crippen molar-refractivity contribution >= 4 is 23.2 Å². The molecule has 3 rings (SSSR count). The Morgan fingerprint density at radius 2 is 2.12 bits per heavy atom. The molecule has 0 aliphatic carbocycles. The van der Waals surface area contributed by atoms with Crippen LogP contribution in [-0.2, 0) is 17.1 Å². The van der Waals surface area contributed by atoms with Gasteiger partial charge in [-0.3, -0.25) is 4.79 Å². The number of halogens is 2. The van der Waals surface area contributed by atoms with Gasteiger partial charge in [0.05, 0.1) is 12.8 Å². The highest BCUT2D eigenvalue weighted by Gasteiger charge is 2.31. The zero-order valence-electron chi connectivity index (χ0n) is 14.0. The first-order chi connectivity index (χ1) is 11.8. The number of carbonyl (C=O) groups is 1. The number of carbonyl (C=O) groups excluding carboxylic acids is 1. The lowest BCUT2D eigenvalue weighted by molar-refractivity contribution is -0.114. The number of hydrogen-bond donors (Lipinski definition) is 1. The van der Waals surface area contributed by atoms with Crippen LogP contribution in [0.4, 0.5) is 26.1 Å². The number of pyridine rings is 1. The normalized spacial score (nSPS) is 13.6. The van der Waals surface area contributed by atoms with Gasteiger partial charge in [0.25, 0.3) is 0 Å². The van der Waals surface area contributed by atoms with Crippen molar-refractivity contribution in [3.63, 3.8) is 0 Å². The standard InChI is InChI=1S/C16H17F2N5O2/c1-9(24)20-12-6-11-10(8-19-12)4-5-23(11)13-7-14(25-3)22-15(21-13)16(2,17)18/h6-8H,4-5H2,1-3H3,(H,19,20,24). The van der Waals surface area contributed by atoms with Gasteiger partial charge in [-0.2, -0.15) is 13.8 Å². The zero-order valence-corrected chi connectivity index (χ0v) is 14.0. The molecule has 0 atom stereocenters. The third kappa shape index (κ3) is 3.49. The fraction of sp³-hybridized carbons (Fsp3) is 0.375. The second kappa shape index (κ2) is 6.23. The first-order valence-electron chi connectivity index (χ1n) is 7.63. The van der Waals surface area contributed by atoms with Crippen molar-refractivity contribution in [2.24, 2.45) is 0 Å². The Labute approximate surface area is 143 Å². The van der Waals surface area contributed by atoms with E-state index in [9.17, 15) is 13.6 Å². The second-order valence-electron chi connectivity index (χ2n) is 5.76. The molecule has 0 fully saturated rings. The van der Waals surface area contributed by atoms with Crippen molar-refractivity contribution in [1.82, 2.24) is 15.0 Å². The van der Waals surface area contributed by atoms with Crippen molar-refractivity contribution < 1.29 is 18.3 Å². The number of alkyl halides is 2. The van der Waals surface area contributed by atoms with E-state index in [-0.39, 0.29) is 11.8 Å². The first kappa shape index (κ1) is 17.0. The summed E-state index contributed by atoms with van der Waals surface area (Å²) in [7, 11) is 1.36. The van der Waals surface area contributed by atoms with Gasteiger partial charge in [0, 0.05) is 38.7 Å². The molecule has 2 aromatic heterocycles. The summed E-state index contributed by atoms with van der Waals surface area (Å²) < 4.78 is 32.4. The maximum Gasteiger partial charge on any atom is 0.304 e. The van der Waals surface area contributed by atoms with Crippen LogP contribution in [0.5, 0.6) is 5.88 Å². The Morgan fingerprint density at radius 3 is 2.76 bits per heavy atom. The van der Waals surface area contributed by atoms with Crippen molar-refractivity contribution in [3.05, 3.63) is 29.7 Å². The number of amides is 1. The van der Waals surface area contributed by atoms with E-state index < -0.39 is 11.7 Å². The SMILES string of the molecule is COc1cc(N2CCc3cnc(NC(C)=O)cc32)nc(C(C)(F)F)n1. The van der Waals surface area contributed by atoms with Crippen LogP contribution in [0.15, 0.2) is 18.3 Å². The van der Waals surface area contributed by atoms with Gasteiger partial charge in [-0.15, -0.1) is 0 Å². The fourth-order valence-corrected chi connectivity index (χ4v) is 2.61. The lowest BCUT2D eigenvalue weighted by Crippen LogP contribution is -2.20.